The maximum atomic E-state index is 11.6. The zero-order chi connectivity index (χ0) is 11.7. The number of amides is 1. The number of hydrogen-bond acceptors (Lipinski definition) is 2. The van der Waals surface area contributed by atoms with Crippen LogP contribution in [0.4, 0.5) is 0 Å². The fraction of sp³-hybridized carbons (Fsp3) is 0.833. The van der Waals surface area contributed by atoms with E-state index in [2.05, 4.69) is 0 Å². The molecule has 2 aliphatic rings. The van der Waals surface area contributed by atoms with Gasteiger partial charge in [0.1, 0.15) is 6.04 Å². The van der Waals surface area contributed by atoms with Gasteiger partial charge in [-0.25, -0.2) is 4.79 Å². The third-order valence-electron chi connectivity index (χ3n) is 3.70. The third kappa shape index (κ3) is 2.20. The summed E-state index contributed by atoms with van der Waals surface area (Å²) in [5, 5.41) is 9.34. The first kappa shape index (κ1) is 11.4. The Morgan fingerprint density at radius 3 is 2.12 bits per heavy atom. The van der Waals surface area contributed by atoms with Crippen LogP contribution in [-0.4, -0.2) is 34.0 Å². The average Bonchev–Trinajstić information content (AvgIpc) is 2.89. The molecule has 0 aromatic heterocycles. The lowest BCUT2D eigenvalue weighted by atomic mass is 9.96. The van der Waals surface area contributed by atoms with Gasteiger partial charge in [0.25, 0.3) is 0 Å². The van der Waals surface area contributed by atoms with E-state index in [4.69, 9.17) is 0 Å². The van der Waals surface area contributed by atoms with Crippen molar-refractivity contribution in [3.63, 3.8) is 0 Å². The first-order valence-corrected chi connectivity index (χ1v) is 6.13. The number of carbonyl (C=O) groups excluding carboxylic acids is 1. The molecule has 1 N–H and O–H groups in total. The normalized spacial score (nSPS) is 23.1. The molecule has 4 heteroatoms. The summed E-state index contributed by atoms with van der Waals surface area (Å²) in [6.07, 6.45) is 6.04. The molecule has 1 unspecified atom stereocenters. The summed E-state index contributed by atoms with van der Waals surface area (Å²) < 4.78 is 0. The van der Waals surface area contributed by atoms with Crippen LogP contribution in [0, 0.1) is 5.92 Å². The van der Waals surface area contributed by atoms with E-state index in [0.29, 0.717) is 0 Å². The predicted molar refractivity (Wildman–Crippen MR) is 58.9 cm³/mol. The van der Waals surface area contributed by atoms with Crippen molar-refractivity contribution < 1.29 is 14.7 Å². The second kappa shape index (κ2) is 4.44. The third-order valence-corrected chi connectivity index (χ3v) is 3.70. The van der Waals surface area contributed by atoms with Crippen molar-refractivity contribution in [3.8, 4) is 0 Å². The van der Waals surface area contributed by atoms with Crippen LogP contribution < -0.4 is 0 Å². The van der Waals surface area contributed by atoms with Crippen molar-refractivity contribution in [1.29, 1.82) is 0 Å². The fourth-order valence-electron chi connectivity index (χ4n) is 2.85. The molecular weight excluding hydrogens is 206 g/mol. The second-order valence-corrected chi connectivity index (χ2v) is 4.99. The van der Waals surface area contributed by atoms with E-state index in [9.17, 15) is 14.7 Å². The molecule has 1 atom stereocenters. The molecule has 0 saturated heterocycles. The Morgan fingerprint density at radius 1 is 1.19 bits per heavy atom. The van der Waals surface area contributed by atoms with Gasteiger partial charge < -0.3 is 10.0 Å². The molecule has 4 nitrogen and oxygen atoms in total. The van der Waals surface area contributed by atoms with Gasteiger partial charge in [0.15, 0.2) is 0 Å². The first-order chi connectivity index (χ1) is 7.61. The summed E-state index contributed by atoms with van der Waals surface area (Å²) in [5.41, 5.74) is 0. The Hall–Kier alpha value is -1.06. The summed E-state index contributed by atoms with van der Waals surface area (Å²) >= 11 is 0. The maximum Gasteiger partial charge on any atom is 0.326 e. The van der Waals surface area contributed by atoms with Gasteiger partial charge >= 0.3 is 5.97 Å². The average molecular weight is 225 g/mol. The lowest BCUT2D eigenvalue weighted by Crippen LogP contribution is -2.49. The van der Waals surface area contributed by atoms with Crippen molar-refractivity contribution in [3.05, 3.63) is 0 Å². The van der Waals surface area contributed by atoms with Gasteiger partial charge in [-0.15, -0.1) is 0 Å². The van der Waals surface area contributed by atoms with Gasteiger partial charge in [0, 0.05) is 13.0 Å². The largest absolute Gasteiger partial charge is 0.480 e. The molecule has 16 heavy (non-hydrogen) atoms. The van der Waals surface area contributed by atoms with Crippen LogP contribution in [-0.2, 0) is 9.59 Å². The van der Waals surface area contributed by atoms with E-state index in [0.717, 1.165) is 38.5 Å². The molecule has 90 valence electrons. The van der Waals surface area contributed by atoms with Gasteiger partial charge in [0.2, 0.25) is 5.91 Å². The monoisotopic (exact) mass is 225 g/mol. The number of carboxylic acid groups (broad SMARTS) is 1. The number of aliphatic carboxylic acids is 1. The zero-order valence-corrected chi connectivity index (χ0v) is 9.69. The molecule has 0 aliphatic heterocycles. The van der Waals surface area contributed by atoms with Crippen LogP contribution in [0.25, 0.3) is 0 Å². The Balaban J connectivity index is 2.15. The molecule has 2 fully saturated rings. The van der Waals surface area contributed by atoms with Crippen molar-refractivity contribution in [2.75, 3.05) is 0 Å². The first-order valence-electron chi connectivity index (χ1n) is 6.13. The van der Waals surface area contributed by atoms with Crippen LogP contribution in [0.2, 0.25) is 0 Å². The smallest absolute Gasteiger partial charge is 0.326 e. The Kier molecular flexibility index (Phi) is 3.17. The molecule has 0 radical (unpaired) electrons. The molecule has 0 bridgehead atoms. The summed E-state index contributed by atoms with van der Waals surface area (Å²) in [7, 11) is 0. The molecule has 1 amide bonds. The Morgan fingerprint density at radius 2 is 1.75 bits per heavy atom. The topological polar surface area (TPSA) is 57.6 Å². The highest BCUT2D eigenvalue weighted by Gasteiger charge is 2.43. The molecular formula is C12H19NO3. The van der Waals surface area contributed by atoms with E-state index < -0.39 is 12.0 Å². The lowest BCUT2D eigenvalue weighted by Gasteiger charge is -2.32. The van der Waals surface area contributed by atoms with E-state index in [1.165, 1.54) is 6.92 Å². The van der Waals surface area contributed by atoms with Crippen LogP contribution in [0.1, 0.15) is 45.4 Å². The van der Waals surface area contributed by atoms with Gasteiger partial charge in [-0.1, -0.05) is 12.8 Å². The van der Waals surface area contributed by atoms with Crippen molar-refractivity contribution >= 4 is 11.9 Å². The molecule has 0 heterocycles. The summed E-state index contributed by atoms with van der Waals surface area (Å²) in [5.74, 6) is -0.738. The summed E-state index contributed by atoms with van der Waals surface area (Å²) in [4.78, 5) is 24.6. The van der Waals surface area contributed by atoms with Gasteiger partial charge in [0.05, 0.1) is 0 Å². The zero-order valence-electron chi connectivity index (χ0n) is 9.69. The van der Waals surface area contributed by atoms with Crippen LogP contribution in [0.15, 0.2) is 0 Å². The minimum Gasteiger partial charge on any atom is -0.480 e. The SMILES string of the molecule is CC(=O)N(C1CC1)C(C(=O)O)C1CCCC1. The van der Waals surface area contributed by atoms with Crippen molar-refractivity contribution in [2.45, 2.75) is 57.5 Å². The highest BCUT2D eigenvalue weighted by molar-refractivity contribution is 5.83. The van der Waals surface area contributed by atoms with Crippen molar-refractivity contribution in [1.82, 2.24) is 4.90 Å². The molecule has 0 aromatic carbocycles. The van der Waals surface area contributed by atoms with E-state index in [-0.39, 0.29) is 17.9 Å². The number of carbonyl (C=O) groups is 2. The highest BCUT2D eigenvalue weighted by atomic mass is 16.4. The lowest BCUT2D eigenvalue weighted by molar-refractivity contribution is -0.152. The number of hydrogen-bond donors (Lipinski definition) is 1. The number of nitrogens with zero attached hydrogens (tertiary/aromatic N) is 1. The van der Waals surface area contributed by atoms with Crippen molar-refractivity contribution in [2.24, 2.45) is 5.92 Å². The molecule has 2 aliphatic carbocycles. The van der Waals surface area contributed by atoms with E-state index in [1.54, 1.807) is 4.90 Å². The summed E-state index contributed by atoms with van der Waals surface area (Å²) in [6, 6.07) is -0.383. The standard InChI is InChI=1S/C12H19NO3/c1-8(14)13(10-6-7-10)11(12(15)16)9-4-2-3-5-9/h9-11H,2-7H2,1H3,(H,15,16). The Bertz CT molecular complexity index is 293. The minimum absolute atomic E-state index is 0.0817. The van der Waals surface area contributed by atoms with Gasteiger partial charge in [-0.3, -0.25) is 4.79 Å². The molecule has 2 rings (SSSR count). The maximum absolute atomic E-state index is 11.6. The van der Waals surface area contributed by atoms with Gasteiger partial charge in [-0.05, 0) is 31.6 Å². The molecule has 0 spiro atoms. The van der Waals surface area contributed by atoms with E-state index in [1.807, 2.05) is 0 Å². The Labute approximate surface area is 95.6 Å². The minimum atomic E-state index is -0.825. The van der Waals surface area contributed by atoms with Gasteiger partial charge in [-0.2, -0.15) is 0 Å². The fourth-order valence-corrected chi connectivity index (χ4v) is 2.85. The second-order valence-electron chi connectivity index (χ2n) is 4.99. The van der Waals surface area contributed by atoms with Crippen LogP contribution >= 0.6 is 0 Å². The molecule has 2 saturated carbocycles. The molecule has 0 aromatic rings. The summed E-state index contributed by atoms with van der Waals surface area (Å²) in [6.45, 7) is 1.49. The highest BCUT2D eigenvalue weighted by Crippen LogP contribution is 2.36. The van der Waals surface area contributed by atoms with Crippen LogP contribution in [0.3, 0.4) is 0 Å². The number of rotatable bonds is 4. The predicted octanol–water partition coefficient (Wildman–Crippen LogP) is 1.64. The van der Waals surface area contributed by atoms with Crippen LogP contribution in [0.5, 0.6) is 0 Å². The number of carboxylic acids is 1. The quantitative estimate of drug-likeness (QED) is 0.791. The van der Waals surface area contributed by atoms with E-state index >= 15 is 0 Å².